The minimum atomic E-state index is -2.79. The third kappa shape index (κ3) is 5.83. The first-order chi connectivity index (χ1) is 10.2. The smallest absolute Gasteiger partial charge is 0.370 e. The summed E-state index contributed by atoms with van der Waals surface area (Å²) in [6.45, 7) is 8.31. The Hall–Kier alpha value is -0.203. The second-order valence-corrected chi connectivity index (χ2v) is 8.05. The maximum absolute atomic E-state index is 6.13. The molecule has 3 nitrogen and oxygen atoms in total. The second-order valence-electron chi connectivity index (χ2n) is 4.93. The van der Waals surface area contributed by atoms with E-state index in [4.69, 9.17) is 13.3 Å². The van der Waals surface area contributed by atoms with Crippen LogP contribution in [0.5, 0.6) is 0 Å². The molecular weight excluding hydrogens is 348 g/mol. The van der Waals surface area contributed by atoms with Crippen molar-refractivity contribution >= 4 is 29.9 Å². The number of hydrogen-bond donors (Lipinski definition) is 0. The van der Waals surface area contributed by atoms with Crippen LogP contribution >= 0.6 is 15.9 Å². The van der Waals surface area contributed by atoms with Gasteiger partial charge in [0.15, 0.2) is 0 Å². The minimum absolute atomic E-state index is 0.667. The highest BCUT2D eigenvalue weighted by Gasteiger charge is 2.43. The summed E-state index contributed by atoms with van der Waals surface area (Å²) in [5, 5.41) is 1.91. The van der Waals surface area contributed by atoms with Gasteiger partial charge in [0.05, 0.1) is 0 Å². The monoisotopic (exact) mass is 374 g/mol. The number of rotatable bonds is 11. The van der Waals surface area contributed by atoms with E-state index in [1.807, 2.05) is 0 Å². The van der Waals surface area contributed by atoms with Gasteiger partial charge >= 0.3 is 8.80 Å². The fraction of sp³-hybridized carbons (Fsp3) is 0.625. The number of benzene rings is 1. The fourth-order valence-corrected chi connectivity index (χ4v) is 5.00. The average molecular weight is 375 g/mol. The summed E-state index contributed by atoms with van der Waals surface area (Å²) in [5.74, 6) is 0. The quantitative estimate of drug-likeness (QED) is 0.432. The van der Waals surface area contributed by atoms with Crippen LogP contribution in [0.1, 0.15) is 45.6 Å². The highest BCUT2D eigenvalue weighted by molar-refractivity contribution is 9.08. The summed E-state index contributed by atoms with van der Waals surface area (Å²) in [4.78, 5) is 0. The SMILES string of the molecule is CCCO[Si](OCCC)(OCCC)c1ccc(CBr)cc1. The highest BCUT2D eigenvalue weighted by Crippen LogP contribution is 2.14. The molecule has 0 amide bonds. The molecule has 120 valence electrons. The number of hydrogen-bond acceptors (Lipinski definition) is 3. The summed E-state index contributed by atoms with van der Waals surface area (Å²) in [5.41, 5.74) is 1.24. The maximum Gasteiger partial charge on any atom is 0.537 e. The summed E-state index contributed by atoms with van der Waals surface area (Å²) >= 11 is 3.48. The van der Waals surface area contributed by atoms with Gasteiger partial charge in [0.25, 0.3) is 0 Å². The predicted molar refractivity (Wildman–Crippen MR) is 93.2 cm³/mol. The molecule has 0 aliphatic rings. The topological polar surface area (TPSA) is 27.7 Å². The van der Waals surface area contributed by atoms with Crippen LogP contribution in [-0.4, -0.2) is 28.6 Å². The van der Waals surface area contributed by atoms with Crippen molar-refractivity contribution in [2.75, 3.05) is 19.8 Å². The largest absolute Gasteiger partial charge is 0.537 e. The molecule has 5 heteroatoms. The first kappa shape index (κ1) is 18.8. The Morgan fingerprint density at radius 3 is 1.57 bits per heavy atom. The summed E-state index contributed by atoms with van der Waals surface area (Å²) < 4.78 is 18.4. The molecule has 0 bridgehead atoms. The zero-order valence-electron chi connectivity index (χ0n) is 13.4. The van der Waals surface area contributed by atoms with Crippen molar-refractivity contribution in [3.63, 3.8) is 0 Å². The molecule has 0 atom stereocenters. The highest BCUT2D eigenvalue weighted by atomic mass is 79.9. The molecule has 0 saturated heterocycles. The molecule has 0 N–H and O–H groups in total. The van der Waals surface area contributed by atoms with E-state index in [0.29, 0.717) is 19.8 Å². The lowest BCUT2D eigenvalue weighted by Gasteiger charge is -2.29. The van der Waals surface area contributed by atoms with Crippen LogP contribution in [0.25, 0.3) is 0 Å². The van der Waals surface area contributed by atoms with Crippen LogP contribution in [0, 0.1) is 0 Å². The third-order valence-corrected chi connectivity index (χ3v) is 6.39. The number of alkyl halides is 1. The summed E-state index contributed by atoms with van der Waals surface area (Å²) in [6.07, 6.45) is 2.87. The van der Waals surface area contributed by atoms with Gasteiger partial charge in [-0.15, -0.1) is 0 Å². The van der Waals surface area contributed by atoms with Gasteiger partial charge in [0.1, 0.15) is 0 Å². The Morgan fingerprint density at radius 2 is 1.24 bits per heavy atom. The van der Waals surface area contributed by atoms with Crippen molar-refractivity contribution < 1.29 is 13.3 Å². The Kier molecular flexibility index (Phi) is 9.43. The standard InChI is InChI=1S/C16H27BrO3Si/c1-4-11-18-21(19-12-5-2,20-13-6-3)16-9-7-15(14-17)8-10-16/h7-10H,4-6,11-14H2,1-3H3. The van der Waals surface area contributed by atoms with E-state index >= 15 is 0 Å². The van der Waals surface area contributed by atoms with Crippen LogP contribution < -0.4 is 5.19 Å². The van der Waals surface area contributed by atoms with Crippen LogP contribution in [0.3, 0.4) is 0 Å². The van der Waals surface area contributed by atoms with Crippen LogP contribution in [0.4, 0.5) is 0 Å². The Bertz CT molecular complexity index is 362. The van der Waals surface area contributed by atoms with E-state index in [-0.39, 0.29) is 0 Å². The van der Waals surface area contributed by atoms with E-state index < -0.39 is 8.80 Å². The second kappa shape index (κ2) is 10.5. The van der Waals surface area contributed by atoms with Crippen molar-refractivity contribution in [1.82, 2.24) is 0 Å². The van der Waals surface area contributed by atoms with Gasteiger partial charge in [-0.05, 0) is 24.8 Å². The van der Waals surface area contributed by atoms with Gasteiger partial charge in [-0.3, -0.25) is 0 Å². The molecule has 0 aliphatic carbocycles. The van der Waals surface area contributed by atoms with Crippen molar-refractivity contribution in [2.45, 2.75) is 45.4 Å². The fourth-order valence-electron chi connectivity index (χ4n) is 1.88. The van der Waals surface area contributed by atoms with E-state index in [0.717, 1.165) is 29.8 Å². The van der Waals surface area contributed by atoms with Gasteiger partial charge in [0.2, 0.25) is 0 Å². The lowest BCUT2D eigenvalue weighted by Crippen LogP contribution is -2.57. The van der Waals surface area contributed by atoms with Crippen LogP contribution in [-0.2, 0) is 18.6 Å². The molecular formula is C16H27BrO3Si. The third-order valence-electron chi connectivity index (χ3n) is 2.95. The minimum Gasteiger partial charge on any atom is -0.370 e. The van der Waals surface area contributed by atoms with Gasteiger partial charge < -0.3 is 13.3 Å². The predicted octanol–water partition coefficient (Wildman–Crippen LogP) is 4.01. The lowest BCUT2D eigenvalue weighted by atomic mass is 10.2. The molecule has 21 heavy (non-hydrogen) atoms. The molecule has 0 spiro atoms. The van der Waals surface area contributed by atoms with E-state index in [1.54, 1.807) is 0 Å². The molecule has 0 saturated carbocycles. The van der Waals surface area contributed by atoms with Crippen LogP contribution in [0.2, 0.25) is 0 Å². The van der Waals surface area contributed by atoms with Crippen molar-refractivity contribution in [3.8, 4) is 0 Å². The molecule has 0 aliphatic heterocycles. The first-order valence-electron chi connectivity index (χ1n) is 7.79. The van der Waals surface area contributed by atoms with Crippen molar-refractivity contribution in [3.05, 3.63) is 29.8 Å². The summed E-state index contributed by atoms with van der Waals surface area (Å²) in [6, 6.07) is 8.38. The maximum atomic E-state index is 6.13. The van der Waals surface area contributed by atoms with Gasteiger partial charge in [0, 0.05) is 30.3 Å². The van der Waals surface area contributed by atoms with E-state index in [9.17, 15) is 0 Å². The molecule has 0 heterocycles. The molecule has 0 fully saturated rings. The van der Waals surface area contributed by atoms with Gasteiger partial charge in [-0.25, -0.2) is 0 Å². The Balaban J connectivity index is 3.02. The Morgan fingerprint density at radius 1 is 0.810 bits per heavy atom. The summed E-state index contributed by atoms with van der Waals surface area (Å²) in [7, 11) is -2.79. The average Bonchev–Trinajstić information content (AvgIpc) is 2.55. The number of halogens is 1. The molecule has 0 unspecified atom stereocenters. The van der Waals surface area contributed by atoms with E-state index in [1.165, 1.54) is 5.56 Å². The van der Waals surface area contributed by atoms with Crippen molar-refractivity contribution in [2.24, 2.45) is 0 Å². The zero-order chi connectivity index (χ0) is 15.6. The molecule has 1 rings (SSSR count). The normalized spacial score (nSPS) is 11.8. The first-order valence-corrected chi connectivity index (χ1v) is 10.6. The van der Waals surface area contributed by atoms with Gasteiger partial charge in [-0.2, -0.15) is 0 Å². The molecule has 0 radical (unpaired) electrons. The van der Waals surface area contributed by atoms with E-state index in [2.05, 4.69) is 61.0 Å². The Labute approximate surface area is 138 Å². The van der Waals surface area contributed by atoms with Crippen LogP contribution in [0.15, 0.2) is 24.3 Å². The van der Waals surface area contributed by atoms with Crippen molar-refractivity contribution in [1.29, 1.82) is 0 Å². The molecule has 1 aromatic carbocycles. The molecule has 0 aromatic heterocycles. The zero-order valence-corrected chi connectivity index (χ0v) is 15.9. The molecule has 1 aromatic rings. The van der Waals surface area contributed by atoms with Gasteiger partial charge in [-0.1, -0.05) is 61.0 Å². The lowest BCUT2D eigenvalue weighted by molar-refractivity contribution is 0.0732.